The highest BCUT2D eigenvalue weighted by atomic mass is 35.5. The summed E-state index contributed by atoms with van der Waals surface area (Å²) in [6, 6.07) is 2.28. The van der Waals surface area contributed by atoms with Gasteiger partial charge in [0.25, 0.3) is 5.56 Å². The Bertz CT molecular complexity index is 1270. The fourth-order valence-corrected chi connectivity index (χ4v) is 4.06. The number of ether oxygens (including phenoxy) is 1. The smallest absolute Gasteiger partial charge is 0.431 e. The van der Waals surface area contributed by atoms with Crippen molar-refractivity contribution in [3.63, 3.8) is 0 Å². The van der Waals surface area contributed by atoms with Gasteiger partial charge in [0, 0.05) is 38.2 Å². The number of benzene rings is 1. The Labute approximate surface area is 201 Å². The van der Waals surface area contributed by atoms with E-state index in [0.717, 1.165) is 13.1 Å². The van der Waals surface area contributed by atoms with Crippen LogP contribution in [-0.2, 0) is 22.8 Å². The highest BCUT2D eigenvalue weighted by molar-refractivity contribution is 6.34. The minimum Gasteiger partial charge on any atom is -0.545 e. The van der Waals surface area contributed by atoms with E-state index in [2.05, 4.69) is 5.43 Å². The van der Waals surface area contributed by atoms with Gasteiger partial charge in [-0.25, -0.2) is 14.4 Å². The largest absolute Gasteiger partial charge is 0.545 e. The number of amides is 1. The van der Waals surface area contributed by atoms with E-state index in [0.29, 0.717) is 30.9 Å². The zero-order valence-electron chi connectivity index (χ0n) is 18.6. The van der Waals surface area contributed by atoms with Crippen molar-refractivity contribution in [1.29, 1.82) is 0 Å². The van der Waals surface area contributed by atoms with E-state index in [4.69, 9.17) is 16.3 Å². The number of carboxylic acids is 1. The first kappa shape index (κ1) is 26.4. The number of morpholine rings is 1. The topological polar surface area (TPSA) is 126 Å². The van der Waals surface area contributed by atoms with E-state index in [1.165, 1.54) is 6.07 Å². The fraction of sp³-hybridized carbons (Fsp3) is 0.429. The van der Waals surface area contributed by atoms with Crippen LogP contribution in [0.15, 0.2) is 27.8 Å². The molecule has 10 nitrogen and oxygen atoms in total. The molecule has 2 aromatic rings. The Morgan fingerprint density at radius 1 is 1.20 bits per heavy atom. The number of carbonyl (C=O) groups excluding carboxylic acids is 2. The van der Waals surface area contributed by atoms with Crippen LogP contribution in [-0.4, -0.2) is 52.3 Å². The van der Waals surface area contributed by atoms with Crippen LogP contribution in [0.1, 0.15) is 40.9 Å². The molecule has 35 heavy (non-hydrogen) atoms. The zero-order chi connectivity index (χ0) is 26.1. The van der Waals surface area contributed by atoms with Crippen LogP contribution in [0.3, 0.4) is 0 Å². The number of nitrogens with zero attached hydrogens (tertiary/aromatic N) is 3. The predicted molar refractivity (Wildman–Crippen MR) is 115 cm³/mol. The van der Waals surface area contributed by atoms with Crippen molar-refractivity contribution in [2.45, 2.75) is 25.4 Å². The van der Waals surface area contributed by atoms with Crippen molar-refractivity contribution in [2.75, 3.05) is 26.3 Å². The molecule has 1 saturated heterocycles. The number of hydrogen-bond acceptors (Lipinski definition) is 7. The Hall–Kier alpha value is -3.16. The first-order valence-electron chi connectivity index (χ1n) is 10.4. The van der Waals surface area contributed by atoms with Gasteiger partial charge in [-0.1, -0.05) is 18.5 Å². The number of alkyl halides is 3. The number of carboxylic acid groups (broad SMARTS) is 1. The second-order valence-electron chi connectivity index (χ2n) is 7.97. The zero-order valence-corrected chi connectivity index (χ0v) is 19.4. The summed E-state index contributed by atoms with van der Waals surface area (Å²) in [4.78, 5) is 49.3. The minimum absolute atomic E-state index is 0.0920. The maximum Gasteiger partial charge on any atom is 0.431 e. The SMILES string of the molecule is CC(CC(=O)NN1CCOCC1)c1cc(-n2c(=O)cc(C(F)(F)F)n(C)c2=O)cc(C(=O)[O-])c1Cl. The van der Waals surface area contributed by atoms with Crippen LogP contribution in [0.5, 0.6) is 0 Å². The standard InChI is InChI=1S/C21H22ClF3N4O6/c1-11(7-16(30)26-28-3-5-35-6-4-28)13-8-12(9-14(18(13)22)19(32)33)29-17(31)10-15(21(23,24)25)27(2)20(29)34/h8-11H,3-7H2,1-2H3,(H,26,30)(H,32,33)/p-1. The third-order valence-corrected chi connectivity index (χ3v) is 5.91. The van der Waals surface area contributed by atoms with Crippen molar-refractivity contribution in [3.8, 4) is 5.69 Å². The number of hydrogen-bond donors (Lipinski definition) is 1. The van der Waals surface area contributed by atoms with Crippen molar-refractivity contribution < 1.29 is 32.6 Å². The maximum atomic E-state index is 13.2. The van der Waals surface area contributed by atoms with Crippen LogP contribution < -0.4 is 21.8 Å². The number of aromatic carboxylic acids is 1. The molecule has 3 rings (SSSR count). The third-order valence-electron chi connectivity index (χ3n) is 5.49. The highest BCUT2D eigenvalue weighted by Gasteiger charge is 2.35. The molecule has 2 heterocycles. The molecule has 1 aromatic carbocycles. The molecule has 0 bridgehead atoms. The molecule has 190 valence electrons. The Morgan fingerprint density at radius 3 is 2.40 bits per heavy atom. The van der Waals surface area contributed by atoms with Crippen LogP contribution in [0.25, 0.3) is 5.69 Å². The Kier molecular flexibility index (Phi) is 7.72. The van der Waals surface area contributed by atoms with Crippen LogP contribution in [0, 0.1) is 0 Å². The molecule has 1 fully saturated rings. The summed E-state index contributed by atoms with van der Waals surface area (Å²) in [5.41, 5.74) is -2.27. The Morgan fingerprint density at radius 2 is 1.83 bits per heavy atom. The second kappa shape index (κ2) is 10.2. The number of hydrazine groups is 1. The average molecular weight is 518 g/mol. The predicted octanol–water partition coefficient (Wildman–Crippen LogP) is 0.429. The highest BCUT2D eigenvalue weighted by Crippen LogP contribution is 2.32. The first-order chi connectivity index (χ1) is 16.3. The molecule has 0 radical (unpaired) electrons. The lowest BCUT2D eigenvalue weighted by Crippen LogP contribution is -2.48. The van der Waals surface area contributed by atoms with E-state index < -0.39 is 46.5 Å². The molecular formula is C21H21ClF3N4O6-. The van der Waals surface area contributed by atoms with Gasteiger partial charge in [-0.2, -0.15) is 13.2 Å². The number of rotatable bonds is 6. The first-order valence-corrected chi connectivity index (χ1v) is 10.8. The summed E-state index contributed by atoms with van der Waals surface area (Å²) < 4.78 is 45.3. The molecule has 14 heteroatoms. The van der Waals surface area contributed by atoms with Crippen LogP contribution in [0.4, 0.5) is 13.2 Å². The van der Waals surface area contributed by atoms with Crippen molar-refractivity contribution in [3.05, 3.63) is 60.9 Å². The van der Waals surface area contributed by atoms with Gasteiger partial charge in [0.05, 0.1) is 29.9 Å². The summed E-state index contributed by atoms with van der Waals surface area (Å²) in [6.07, 6.45) is -5.11. The van der Waals surface area contributed by atoms with Gasteiger partial charge in [0.1, 0.15) is 5.69 Å². The summed E-state index contributed by atoms with van der Waals surface area (Å²) in [5, 5.41) is 13.1. The van der Waals surface area contributed by atoms with Gasteiger partial charge in [-0.3, -0.25) is 19.6 Å². The van der Waals surface area contributed by atoms with E-state index in [1.54, 1.807) is 11.9 Å². The normalized spacial score (nSPS) is 15.6. The van der Waals surface area contributed by atoms with Gasteiger partial charge in [-0.15, -0.1) is 0 Å². The van der Waals surface area contributed by atoms with E-state index in [9.17, 15) is 37.5 Å². The van der Waals surface area contributed by atoms with E-state index >= 15 is 0 Å². The lowest BCUT2D eigenvalue weighted by molar-refractivity contribution is -0.255. The number of carbonyl (C=O) groups is 2. The van der Waals surface area contributed by atoms with Crippen molar-refractivity contribution >= 4 is 23.5 Å². The monoisotopic (exact) mass is 517 g/mol. The van der Waals surface area contributed by atoms with Crippen molar-refractivity contribution in [1.82, 2.24) is 19.6 Å². The molecule has 1 N–H and O–H groups in total. The number of aromatic nitrogens is 2. The molecule has 0 aliphatic carbocycles. The average Bonchev–Trinajstić information content (AvgIpc) is 2.76. The molecule has 0 saturated carbocycles. The van der Waals surface area contributed by atoms with Crippen molar-refractivity contribution in [2.24, 2.45) is 7.05 Å². The Balaban J connectivity index is 2.04. The molecule has 1 atom stereocenters. The molecule has 1 amide bonds. The van der Waals surface area contributed by atoms with E-state index in [1.807, 2.05) is 0 Å². The van der Waals surface area contributed by atoms with Crippen LogP contribution in [0.2, 0.25) is 5.02 Å². The fourth-order valence-electron chi connectivity index (χ4n) is 3.69. The molecule has 1 aliphatic heterocycles. The quantitative estimate of drug-likeness (QED) is 0.589. The summed E-state index contributed by atoms with van der Waals surface area (Å²) in [5.74, 6) is -2.84. The molecule has 1 aliphatic rings. The third kappa shape index (κ3) is 5.74. The van der Waals surface area contributed by atoms with Crippen LogP contribution >= 0.6 is 11.6 Å². The van der Waals surface area contributed by atoms with Gasteiger partial charge in [0.15, 0.2) is 0 Å². The van der Waals surface area contributed by atoms with Gasteiger partial charge in [-0.05, 0) is 23.6 Å². The number of halogens is 4. The van der Waals surface area contributed by atoms with E-state index in [-0.39, 0.29) is 33.3 Å². The molecular weight excluding hydrogens is 497 g/mol. The number of nitrogens with one attached hydrogen (secondary N) is 1. The van der Waals surface area contributed by atoms with Gasteiger partial charge in [0.2, 0.25) is 5.91 Å². The lowest BCUT2D eigenvalue weighted by Gasteiger charge is -2.27. The molecule has 1 unspecified atom stereocenters. The minimum atomic E-state index is -4.96. The molecule has 1 aromatic heterocycles. The lowest BCUT2D eigenvalue weighted by atomic mass is 9.94. The van der Waals surface area contributed by atoms with Gasteiger partial charge >= 0.3 is 11.9 Å². The van der Waals surface area contributed by atoms with Gasteiger partial charge < -0.3 is 14.6 Å². The summed E-state index contributed by atoms with van der Waals surface area (Å²) in [7, 11) is 0.830. The summed E-state index contributed by atoms with van der Waals surface area (Å²) in [6.45, 7) is 3.40. The summed E-state index contributed by atoms with van der Waals surface area (Å²) >= 11 is 6.23. The molecule has 0 spiro atoms. The maximum absolute atomic E-state index is 13.2. The second-order valence-corrected chi connectivity index (χ2v) is 8.34.